The Balaban J connectivity index is 2.19. The van der Waals surface area contributed by atoms with E-state index >= 15 is 0 Å². The molecule has 0 bridgehead atoms. The molecule has 0 spiro atoms. The van der Waals surface area contributed by atoms with Gasteiger partial charge in [-0.3, -0.25) is 14.7 Å². The normalized spacial score (nSPS) is 21.6. The van der Waals surface area contributed by atoms with Crippen molar-refractivity contribution in [3.05, 3.63) is 29.8 Å². The van der Waals surface area contributed by atoms with Crippen LogP contribution < -0.4 is 0 Å². The van der Waals surface area contributed by atoms with Crippen molar-refractivity contribution in [3.63, 3.8) is 0 Å². The molecule has 0 aliphatic carbocycles. The van der Waals surface area contributed by atoms with E-state index in [2.05, 4.69) is 16.8 Å². The first-order chi connectivity index (χ1) is 9.61. The van der Waals surface area contributed by atoms with Crippen molar-refractivity contribution < 1.29 is 14.3 Å². The van der Waals surface area contributed by atoms with E-state index in [9.17, 15) is 9.18 Å². The van der Waals surface area contributed by atoms with Crippen LogP contribution >= 0.6 is 0 Å². The topological polar surface area (TPSA) is 53.4 Å². The lowest BCUT2D eigenvalue weighted by Gasteiger charge is -2.40. The summed E-state index contributed by atoms with van der Waals surface area (Å²) in [6.45, 7) is 2.94. The summed E-state index contributed by atoms with van der Waals surface area (Å²) < 4.78 is 13.0. The Labute approximate surface area is 118 Å². The van der Waals surface area contributed by atoms with Gasteiger partial charge in [0.1, 0.15) is 5.82 Å². The zero-order valence-corrected chi connectivity index (χ0v) is 11.8. The molecule has 4 nitrogen and oxygen atoms in total. The highest BCUT2D eigenvalue weighted by Crippen LogP contribution is 2.31. The van der Waals surface area contributed by atoms with E-state index in [1.807, 2.05) is 0 Å². The predicted octanol–water partition coefficient (Wildman–Crippen LogP) is 3.00. The fourth-order valence-corrected chi connectivity index (χ4v) is 3.05. The highest BCUT2D eigenvalue weighted by Gasteiger charge is 2.30. The summed E-state index contributed by atoms with van der Waals surface area (Å²) in [5.74, 6) is -1.10. The largest absolute Gasteiger partial charge is 0.481 e. The maximum atomic E-state index is 13.0. The van der Waals surface area contributed by atoms with Crippen LogP contribution in [0.2, 0.25) is 0 Å². The van der Waals surface area contributed by atoms with Crippen LogP contribution in [0.15, 0.2) is 18.3 Å². The van der Waals surface area contributed by atoms with Gasteiger partial charge in [-0.15, -0.1) is 0 Å². The number of aliphatic carboxylic acids is 1. The second-order valence-electron chi connectivity index (χ2n) is 5.31. The summed E-state index contributed by atoms with van der Waals surface area (Å²) in [5, 5.41) is 9.05. The summed E-state index contributed by atoms with van der Waals surface area (Å²) in [7, 11) is 0. The minimum atomic E-state index is -0.760. The molecule has 0 radical (unpaired) electrons. The highest BCUT2D eigenvalue weighted by molar-refractivity contribution is 5.67. The molecule has 20 heavy (non-hydrogen) atoms. The van der Waals surface area contributed by atoms with E-state index in [0.29, 0.717) is 0 Å². The van der Waals surface area contributed by atoms with Crippen molar-refractivity contribution in [1.82, 2.24) is 9.88 Å². The van der Waals surface area contributed by atoms with Gasteiger partial charge in [0.05, 0.1) is 24.4 Å². The summed E-state index contributed by atoms with van der Waals surface area (Å²) in [6.07, 6.45) is 5.29. The fourth-order valence-electron chi connectivity index (χ4n) is 3.05. The molecule has 0 amide bonds. The first kappa shape index (κ1) is 14.9. The van der Waals surface area contributed by atoms with Gasteiger partial charge in [0.2, 0.25) is 0 Å². The molecular formula is C15H21FN2O2. The number of halogens is 1. The Bertz CT molecular complexity index is 450. The van der Waals surface area contributed by atoms with Gasteiger partial charge in [-0.2, -0.15) is 0 Å². The van der Waals surface area contributed by atoms with E-state index in [-0.39, 0.29) is 24.3 Å². The molecule has 1 N–H and O–H groups in total. The van der Waals surface area contributed by atoms with Crippen molar-refractivity contribution in [2.24, 2.45) is 0 Å². The standard InChI is InChI=1S/C15H21FN2O2/c1-2-14(13-7-6-11(16)10-17-13)18-8-4-3-5-12(18)9-15(19)20/h6-7,10,12,14H,2-5,8-9H2,1H3,(H,19,20). The first-order valence-corrected chi connectivity index (χ1v) is 7.20. The quantitative estimate of drug-likeness (QED) is 0.901. The first-order valence-electron chi connectivity index (χ1n) is 7.20. The van der Waals surface area contributed by atoms with Crippen molar-refractivity contribution >= 4 is 5.97 Å². The Hall–Kier alpha value is -1.49. The number of carbonyl (C=O) groups is 1. The average Bonchev–Trinajstić information content (AvgIpc) is 2.43. The van der Waals surface area contributed by atoms with Gasteiger partial charge in [-0.05, 0) is 37.9 Å². The molecule has 1 aromatic rings. The molecule has 1 aliphatic heterocycles. The van der Waals surface area contributed by atoms with Gasteiger partial charge < -0.3 is 5.11 Å². The maximum Gasteiger partial charge on any atom is 0.304 e. The average molecular weight is 280 g/mol. The number of hydrogen-bond acceptors (Lipinski definition) is 3. The number of pyridine rings is 1. The lowest BCUT2D eigenvalue weighted by molar-refractivity contribution is -0.139. The zero-order valence-electron chi connectivity index (χ0n) is 11.8. The monoisotopic (exact) mass is 280 g/mol. The number of carboxylic acid groups (broad SMARTS) is 1. The fraction of sp³-hybridized carbons (Fsp3) is 0.600. The van der Waals surface area contributed by atoms with Crippen molar-refractivity contribution in [3.8, 4) is 0 Å². The van der Waals surface area contributed by atoms with Crippen LogP contribution in [0, 0.1) is 5.82 Å². The van der Waals surface area contributed by atoms with E-state index in [1.54, 1.807) is 6.07 Å². The van der Waals surface area contributed by atoms with Crippen molar-refractivity contribution in [2.45, 2.75) is 51.1 Å². The predicted molar refractivity (Wildman–Crippen MR) is 73.8 cm³/mol. The Kier molecular flexibility index (Phi) is 5.06. The summed E-state index contributed by atoms with van der Waals surface area (Å²) in [6, 6.07) is 3.25. The Morgan fingerprint density at radius 3 is 2.95 bits per heavy atom. The number of carboxylic acids is 1. The van der Waals surface area contributed by atoms with Crippen LogP contribution in [0.3, 0.4) is 0 Å². The van der Waals surface area contributed by atoms with E-state index in [1.165, 1.54) is 12.3 Å². The molecule has 1 aliphatic rings. The Morgan fingerprint density at radius 2 is 2.35 bits per heavy atom. The molecule has 1 aromatic heterocycles. The number of aromatic nitrogens is 1. The SMILES string of the molecule is CCC(c1ccc(F)cn1)N1CCCCC1CC(=O)O. The summed E-state index contributed by atoms with van der Waals surface area (Å²) >= 11 is 0. The molecule has 2 heterocycles. The second-order valence-corrected chi connectivity index (χ2v) is 5.31. The van der Waals surface area contributed by atoms with E-state index < -0.39 is 5.97 Å². The molecule has 1 fully saturated rings. The van der Waals surface area contributed by atoms with Crippen LogP contribution in [0.1, 0.15) is 50.8 Å². The highest BCUT2D eigenvalue weighted by atomic mass is 19.1. The van der Waals surface area contributed by atoms with Crippen LogP contribution in [0.5, 0.6) is 0 Å². The lowest BCUT2D eigenvalue weighted by atomic mass is 9.95. The molecule has 110 valence electrons. The number of nitrogens with zero attached hydrogens (tertiary/aromatic N) is 2. The molecule has 2 atom stereocenters. The number of hydrogen-bond donors (Lipinski definition) is 1. The third-order valence-electron chi connectivity index (χ3n) is 3.96. The molecule has 5 heteroatoms. The molecule has 2 unspecified atom stereocenters. The van der Waals surface area contributed by atoms with Gasteiger partial charge in [0.15, 0.2) is 0 Å². The maximum absolute atomic E-state index is 13.0. The zero-order chi connectivity index (χ0) is 14.5. The van der Waals surface area contributed by atoms with Crippen LogP contribution in [-0.4, -0.2) is 33.5 Å². The van der Waals surface area contributed by atoms with Crippen molar-refractivity contribution in [2.75, 3.05) is 6.54 Å². The van der Waals surface area contributed by atoms with Crippen LogP contribution in [-0.2, 0) is 4.79 Å². The molecule has 0 aromatic carbocycles. The summed E-state index contributed by atoms with van der Waals surface area (Å²) in [5.41, 5.74) is 0.825. The minimum Gasteiger partial charge on any atom is -0.481 e. The second kappa shape index (κ2) is 6.79. The summed E-state index contributed by atoms with van der Waals surface area (Å²) in [4.78, 5) is 17.4. The molecular weight excluding hydrogens is 259 g/mol. The van der Waals surface area contributed by atoms with Gasteiger partial charge >= 0.3 is 5.97 Å². The minimum absolute atomic E-state index is 0.0538. The van der Waals surface area contributed by atoms with Gasteiger partial charge in [0.25, 0.3) is 0 Å². The smallest absolute Gasteiger partial charge is 0.304 e. The van der Waals surface area contributed by atoms with Gasteiger partial charge in [-0.1, -0.05) is 13.3 Å². The third-order valence-corrected chi connectivity index (χ3v) is 3.96. The molecule has 1 saturated heterocycles. The van der Waals surface area contributed by atoms with E-state index in [4.69, 9.17) is 5.11 Å². The number of likely N-dealkylation sites (tertiary alicyclic amines) is 1. The van der Waals surface area contributed by atoms with Crippen LogP contribution in [0.4, 0.5) is 4.39 Å². The van der Waals surface area contributed by atoms with Gasteiger partial charge in [-0.25, -0.2) is 4.39 Å². The number of piperidine rings is 1. The number of rotatable bonds is 5. The van der Waals surface area contributed by atoms with E-state index in [0.717, 1.165) is 37.9 Å². The molecule has 0 saturated carbocycles. The lowest BCUT2D eigenvalue weighted by Crippen LogP contribution is -2.43. The third kappa shape index (κ3) is 3.54. The van der Waals surface area contributed by atoms with Gasteiger partial charge in [0, 0.05) is 6.04 Å². The van der Waals surface area contributed by atoms with Crippen LogP contribution in [0.25, 0.3) is 0 Å². The molecule has 2 rings (SSSR count). The van der Waals surface area contributed by atoms with Crippen molar-refractivity contribution in [1.29, 1.82) is 0 Å². The Morgan fingerprint density at radius 1 is 1.55 bits per heavy atom.